The van der Waals surface area contributed by atoms with Crippen molar-refractivity contribution in [1.82, 2.24) is 4.98 Å². The summed E-state index contributed by atoms with van der Waals surface area (Å²) in [6.07, 6.45) is 1.80. The molecular formula is C7H9N. The molecule has 0 amide bonds. The van der Waals surface area contributed by atoms with Gasteiger partial charge in [-0.05, 0) is 25.1 Å². The third-order valence-electron chi connectivity index (χ3n) is 1.07. The minimum atomic E-state index is 1.09. The normalized spacial score (nSPS) is 9.12. The number of aryl methyl sites for hydroxylation is 1. The molecule has 0 bridgehead atoms. The van der Waals surface area contributed by atoms with Crippen LogP contribution in [0.15, 0.2) is 18.7 Å². The van der Waals surface area contributed by atoms with Gasteiger partial charge in [0.2, 0.25) is 0 Å². The molecule has 1 N–H and O–H groups in total. The molecule has 0 atom stereocenters. The smallest absolute Gasteiger partial charge is 0.0376 e. The van der Waals surface area contributed by atoms with Crippen molar-refractivity contribution >= 4 is 6.08 Å². The lowest BCUT2D eigenvalue weighted by atomic mass is 10.4. The van der Waals surface area contributed by atoms with Gasteiger partial charge in [0.15, 0.2) is 0 Å². The molecule has 1 aromatic heterocycles. The molecule has 1 aromatic rings. The average Bonchev–Trinajstić information content (AvgIpc) is 2.14. The van der Waals surface area contributed by atoms with Crippen molar-refractivity contribution in [2.24, 2.45) is 0 Å². The van der Waals surface area contributed by atoms with Gasteiger partial charge in [-0.15, -0.1) is 0 Å². The highest BCUT2D eigenvalue weighted by Crippen LogP contribution is 1.99. The van der Waals surface area contributed by atoms with Gasteiger partial charge in [-0.2, -0.15) is 0 Å². The highest BCUT2D eigenvalue weighted by Gasteiger charge is 1.84. The lowest BCUT2D eigenvalue weighted by Gasteiger charge is -1.79. The Hall–Kier alpha value is -0.980. The minimum absolute atomic E-state index is 1.09. The number of hydrogen-bond acceptors (Lipinski definition) is 0. The second-order valence-corrected chi connectivity index (χ2v) is 1.80. The topological polar surface area (TPSA) is 15.8 Å². The van der Waals surface area contributed by atoms with Gasteiger partial charge >= 0.3 is 0 Å². The van der Waals surface area contributed by atoms with Crippen molar-refractivity contribution < 1.29 is 0 Å². The van der Waals surface area contributed by atoms with E-state index in [0.717, 1.165) is 5.69 Å². The zero-order chi connectivity index (χ0) is 5.98. The molecule has 1 rings (SSSR count). The largest absolute Gasteiger partial charge is 0.359 e. The maximum atomic E-state index is 3.61. The highest BCUT2D eigenvalue weighted by molar-refractivity contribution is 5.42. The summed E-state index contributed by atoms with van der Waals surface area (Å²) in [5.41, 5.74) is 2.27. The van der Waals surface area contributed by atoms with Crippen LogP contribution in [0.3, 0.4) is 0 Å². The number of rotatable bonds is 1. The summed E-state index contributed by atoms with van der Waals surface area (Å²) in [7, 11) is 0. The first-order chi connectivity index (χ1) is 3.83. The Balaban J connectivity index is 3.00. The van der Waals surface area contributed by atoms with Crippen LogP contribution in [0.25, 0.3) is 6.08 Å². The third-order valence-corrected chi connectivity index (χ3v) is 1.07. The lowest BCUT2D eigenvalue weighted by molar-refractivity contribution is 1.25. The van der Waals surface area contributed by atoms with Crippen molar-refractivity contribution in [3.63, 3.8) is 0 Å². The molecule has 0 radical (unpaired) electrons. The van der Waals surface area contributed by atoms with Gasteiger partial charge in [0.05, 0.1) is 0 Å². The van der Waals surface area contributed by atoms with Gasteiger partial charge in [0, 0.05) is 11.4 Å². The molecule has 0 saturated carbocycles. The van der Waals surface area contributed by atoms with Crippen molar-refractivity contribution in [2.75, 3.05) is 0 Å². The number of H-pyrrole nitrogens is 1. The van der Waals surface area contributed by atoms with Crippen LogP contribution in [-0.2, 0) is 0 Å². The van der Waals surface area contributed by atoms with E-state index >= 15 is 0 Å². The van der Waals surface area contributed by atoms with Gasteiger partial charge in [0.25, 0.3) is 0 Å². The SMILES string of the molecule is C=Cc1ccc(C)[nH]1. The minimum Gasteiger partial charge on any atom is -0.359 e. The summed E-state index contributed by atoms with van der Waals surface area (Å²) >= 11 is 0. The lowest BCUT2D eigenvalue weighted by Crippen LogP contribution is -1.68. The first-order valence-electron chi connectivity index (χ1n) is 2.61. The summed E-state index contributed by atoms with van der Waals surface area (Å²) in [6.45, 7) is 5.63. The Morgan fingerprint density at radius 1 is 1.62 bits per heavy atom. The first kappa shape index (κ1) is 5.16. The maximum absolute atomic E-state index is 3.61. The van der Waals surface area contributed by atoms with E-state index in [1.165, 1.54) is 5.69 Å². The maximum Gasteiger partial charge on any atom is 0.0376 e. The molecule has 0 aliphatic heterocycles. The van der Waals surface area contributed by atoms with Crippen LogP contribution < -0.4 is 0 Å². The molecule has 1 heterocycles. The number of aromatic amines is 1. The van der Waals surface area contributed by atoms with E-state index in [1.807, 2.05) is 19.1 Å². The second-order valence-electron chi connectivity index (χ2n) is 1.80. The van der Waals surface area contributed by atoms with Crippen LogP contribution in [0, 0.1) is 6.92 Å². The Bertz CT molecular complexity index is 186. The molecule has 42 valence electrons. The van der Waals surface area contributed by atoms with Crippen LogP contribution in [0.1, 0.15) is 11.4 Å². The summed E-state index contributed by atoms with van der Waals surface area (Å²) in [4.78, 5) is 3.11. The van der Waals surface area contributed by atoms with Crippen LogP contribution >= 0.6 is 0 Å². The van der Waals surface area contributed by atoms with Crippen molar-refractivity contribution in [1.29, 1.82) is 0 Å². The van der Waals surface area contributed by atoms with Crippen molar-refractivity contribution in [3.05, 3.63) is 30.1 Å². The molecule has 0 aliphatic carbocycles. The Morgan fingerprint density at radius 3 is 2.62 bits per heavy atom. The Labute approximate surface area is 49.0 Å². The fourth-order valence-electron chi connectivity index (χ4n) is 0.645. The van der Waals surface area contributed by atoms with Crippen LogP contribution in [-0.4, -0.2) is 4.98 Å². The first-order valence-corrected chi connectivity index (χ1v) is 2.61. The summed E-state index contributed by atoms with van der Waals surface area (Å²) in [5, 5.41) is 0. The highest BCUT2D eigenvalue weighted by atomic mass is 14.7. The van der Waals surface area contributed by atoms with Crippen LogP contribution in [0.5, 0.6) is 0 Å². The molecule has 0 unspecified atom stereocenters. The molecule has 8 heavy (non-hydrogen) atoms. The fraction of sp³-hybridized carbons (Fsp3) is 0.143. The summed E-state index contributed by atoms with van der Waals surface area (Å²) < 4.78 is 0. The van der Waals surface area contributed by atoms with E-state index < -0.39 is 0 Å². The molecule has 0 aromatic carbocycles. The number of aromatic nitrogens is 1. The standard InChI is InChI=1S/C7H9N/c1-3-7-5-4-6(2)8-7/h3-5,8H,1H2,2H3. The van der Waals surface area contributed by atoms with E-state index in [1.54, 1.807) is 6.08 Å². The van der Waals surface area contributed by atoms with Gasteiger partial charge < -0.3 is 4.98 Å². The molecular weight excluding hydrogens is 98.1 g/mol. The number of hydrogen-bond donors (Lipinski definition) is 1. The molecule has 0 spiro atoms. The van der Waals surface area contributed by atoms with E-state index in [0.29, 0.717) is 0 Å². The number of nitrogens with one attached hydrogen (secondary N) is 1. The van der Waals surface area contributed by atoms with Gasteiger partial charge in [-0.3, -0.25) is 0 Å². The van der Waals surface area contributed by atoms with E-state index in [9.17, 15) is 0 Å². The van der Waals surface area contributed by atoms with Crippen LogP contribution in [0.4, 0.5) is 0 Å². The van der Waals surface area contributed by atoms with E-state index in [-0.39, 0.29) is 0 Å². The molecule has 0 aliphatic rings. The molecule has 0 saturated heterocycles. The van der Waals surface area contributed by atoms with E-state index in [2.05, 4.69) is 11.6 Å². The van der Waals surface area contributed by atoms with Crippen molar-refractivity contribution in [2.45, 2.75) is 6.92 Å². The fourth-order valence-corrected chi connectivity index (χ4v) is 0.645. The quantitative estimate of drug-likeness (QED) is 0.564. The third kappa shape index (κ3) is 0.808. The van der Waals surface area contributed by atoms with Gasteiger partial charge in [-0.25, -0.2) is 0 Å². The Kier molecular flexibility index (Phi) is 1.20. The molecule has 1 heteroatoms. The summed E-state index contributed by atoms with van der Waals surface area (Å²) in [6, 6.07) is 4.03. The van der Waals surface area contributed by atoms with Gasteiger partial charge in [-0.1, -0.05) is 6.58 Å². The molecule has 0 fully saturated rings. The molecule has 1 nitrogen and oxygen atoms in total. The predicted molar refractivity (Wildman–Crippen MR) is 35.6 cm³/mol. The summed E-state index contributed by atoms with van der Waals surface area (Å²) in [5.74, 6) is 0. The Morgan fingerprint density at radius 2 is 2.38 bits per heavy atom. The second kappa shape index (κ2) is 1.86. The zero-order valence-corrected chi connectivity index (χ0v) is 4.94. The predicted octanol–water partition coefficient (Wildman–Crippen LogP) is 1.97. The van der Waals surface area contributed by atoms with Gasteiger partial charge in [0.1, 0.15) is 0 Å². The van der Waals surface area contributed by atoms with Crippen LogP contribution in [0.2, 0.25) is 0 Å². The van der Waals surface area contributed by atoms with Crippen molar-refractivity contribution in [3.8, 4) is 0 Å². The van der Waals surface area contributed by atoms with E-state index in [4.69, 9.17) is 0 Å². The average molecular weight is 107 g/mol. The zero-order valence-electron chi connectivity index (χ0n) is 4.94. The monoisotopic (exact) mass is 107 g/mol.